The van der Waals surface area contributed by atoms with Crippen LogP contribution in [0.5, 0.6) is 5.75 Å². The average Bonchev–Trinajstić information content (AvgIpc) is 2.56. The highest BCUT2D eigenvalue weighted by Gasteiger charge is 2.13. The second kappa shape index (κ2) is 11.0. The molecule has 148 valence electrons. The SMILES string of the molecule is CCN(CCCNC(=NC)NCC(C)Oc1cccc(F)c1)S(C)(=O)=O. The number of nitrogens with one attached hydrogen (secondary N) is 2. The summed E-state index contributed by atoms with van der Waals surface area (Å²) < 4.78 is 43.3. The van der Waals surface area contributed by atoms with Crippen LogP contribution in [0.25, 0.3) is 0 Å². The molecule has 0 aromatic heterocycles. The first kappa shape index (κ1) is 22.2. The van der Waals surface area contributed by atoms with Crippen LogP contribution in [0.1, 0.15) is 20.3 Å². The standard InChI is InChI=1S/C17H29FN4O3S/c1-5-22(26(4,23)24)11-7-10-20-17(19-3)21-13-14(2)25-16-9-6-8-15(18)12-16/h6,8-9,12,14H,5,7,10-11,13H2,1-4H3,(H2,19,20,21). The van der Waals surface area contributed by atoms with Crippen molar-refractivity contribution in [3.05, 3.63) is 30.1 Å². The van der Waals surface area contributed by atoms with Crippen molar-refractivity contribution in [1.29, 1.82) is 0 Å². The van der Waals surface area contributed by atoms with Crippen molar-refractivity contribution in [2.75, 3.05) is 39.5 Å². The molecule has 0 aliphatic rings. The summed E-state index contributed by atoms with van der Waals surface area (Å²) in [6.07, 6.45) is 1.69. The molecular weight excluding hydrogens is 359 g/mol. The molecule has 0 heterocycles. The highest BCUT2D eigenvalue weighted by atomic mass is 32.2. The molecule has 26 heavy (non-hydrogen) atoms. The minimum atomic E-state index is -3.16. The van der Waals surface area contributed by atoms with Crippen molar-refractivity contribution in [1.82, 2.24) is 14.9 Å². The molecule has 0 saturated heterocycles. The van der Waals surface area contributed by atoms with Gasteiger partial charge in [-0.3, -0.25) is 4.99 Å². The van der Waals surface area contributed by atoms with E-state index < -0.39 is 10.0 Å². The number of ether oxygens (including phenoxy) is 1. The van der Waals surface area contributed by atoms with E-state index in [-0.39, 0.29) is 11.9 Å². The van der Waals surface area contributed by atoms with Gasteiger partial charge >= 0.3 is 0 Å². The maximum atomic E-state index is 13.1. The third-order valence-electron chi connectivity index (χ3n) is 3.61. The Morgan fingerprint density at radius 3 is 2.69 bits per heavy atom. The minimum Gasteiger partial charge on any atom is -0.489 e. The Hall–Kier alpha value is -1.87. The summed E-state index contributed by atoms with van der Waals surface area (Å²) in [5.41, 5.74) is 0. The number of hydrogen-bond acceptors (Lipinski definition) is 4. The predicted octanol–water partition coefficient (Wildman–Crippen LogP) is 1.43. The number of benzene rings is 1. The number of nitrogens with zero attached hydrogens (tertiary/aromatic N) is 2. The van der Waals surface area contributed by atoms with Gasteiger partial charge in [0.1, 0.15) is 17.7 Å². The Bertz CT molecular complexity index is 682. The molecule has 1 atom stereocenters. The Morgan fingerprint density at radius 1 is 1.38 bits per heavy atom. The normalized spacial score (nSPS) is 13.5. The van der Waals surface area contributed by atoms with Gasteiger partial charge in [0, 0.05) is 32.7 Å². The number of sulfonamides is 1. The third kappa shape index (κ3) is 8.48. The average molecular weight is 389 g/mol. The van der Waals surface area contributed by atoms with Gasteiger partial charge in [0.25, 0.3) is 0 Å². The highest BCUT2D eigenvalue weighted by Crippen LogP contribution is 2.13. The fraction of sp³-hybridized carbons (Fsp3) is 0.588. The first-order chi connectivity index (χ1) is 12.3. The molecule has 9 heteroatoms. The van der Waals surface area contributed by atoms with Crippen molar-refractivity contribution in [2.45, 2.75) is 26.4 Å². The van der Waals surface area contributed by atoms with Crippen LogP contribution in [0, 0.1) is 5.82 Å². The molecule has 0 aliphatic heterocycles. The van der Waals surface area contributed by atoms with Crippen molar-refractivity contribution < 1.29 is 17.5 Å². The second-order valence-corrected chi connectivity index (χ2v) is 7.86. The van der Waals surface area contributed by atoms with Gasteiger partial charge in [0.05, 0.1) is 12.8 Å². The highest BCUT2D eigenvalue weighted by molar-refractivity contribution is 7.88. The van der Waals surface area contributed by atoms with Gasteiger partial charge < -0.3 is 15.4 Å². The lowest BCUT2D eigenvalue weighted by atomic mass is 10.3. The van der Waals surface area contributed by atoms with Crippen molar-refractivity contribution in [2.24, 2.45) is 4.99 Å². The van der Waals surface area contributed by atoms with Crippen LogP contribution in [0.4, 0.5) is 4.39 Å². The smallest absolute Gasteiger partial charge is 0.211 e. The lowest BCUT2D eigenvalue weighted by Gasteiger charge is -2.19. The van der Waals surface area contributed by atoms with Gasteiger partial charge in [-0.15, -0.1) is 0 Å². The summed E-state index contributed by atoms with van der Waals surface area (Å²) in [4.78, 5) is 4.11. The maximum absolute atomic E-state index is 13.1. The van der Waals surface area contributed by atoms with E-state index in [9.17, 15) is 12.8 Å². The van der Waals surface area contributed by atoms with E-state index in [4.69, 9.17) is 4.74 Å². The number of halogens is 1. The van der Waals surface area contributed by atoms with E-state index in [1.807, 2.05) is 13.8 Å². The van der Waals surface area contributed by atoms with E-state index >= 15 is 0 Å². The van der Waals surface area contributed by atoms with Crippen molar-refractivity contribution in [3.8, 4) is 5.75 Å². The van der Waals surface area contributed by atoms with Crippen molar-refractivity contribution >= 4 is 16.0 Å². The molecule has 1 unspecified atom stereocenters. The first-order valence-corrected chi connectivity index (χ1v) is 10.4. The van der Waals surface area contributed by atoms with Crippen LogP contribution >= 0.6 is 0 Å². The molecule has 0 radical (unpaired) electrons. The first-order valence-electron chi connectivity index (χ1n) is 8.58. The Balaban J connectivity index is 2.32. The quantitative estimate of drug-likeness (QED) is 0.360. The summed E-state index contributed by atoms with van der Waals surface area (Å²) in [5, 5.41) is 6.26. The number of aliphatic imine (C=N–C) groups is 1. The lowest BCUT2D eigenvalue weighted by Crippen LogP contribution is -2.42. The summed E-state index contributed by atoms with van der Waals surface area (Å²) in [6.45, 7) is 5.68. The molecule has 1 aromatic rings. The molecule has 0 saturated carbocycles. The second-order valence-electron chi connectivity index (χ2n) is 5.87. The zero-order valence-corrected chi connectivity index (χ0v) is 16.6. The molecule has 0 amide bonds. The zero-order valence-electron chi connectivity index (χ0n) is 15.8. The Kier molecular flexibility index (Phi) is 9.36. The predicted molar refractivity (Wildman–Crippen MR) is 103 cm³/mol. The van der Waals surface area contributed by atoms with Crippen LogP contribution < -0.4 is 15.4 Å². The van der Waals surface area contributed by atoms with Crippen LogP contribution in [0.3, 0.4) is 0 Å². The Labute approximate surface area is 155 Å². The minimum absolute atomic E-state index is 0.184. The summed E-state index contributed by atoms with van der Waals surface area (Å²) in [6, 6.07) is 6.01. The number of hydrogen-bond donors (Lipinski definition) is 2. The molecule has 0 fully saturated rings. The van der Waals surface area contributed by atoms with Gasteiger partial charge in [-0.1, -0.05) is 13.0 Å². The van der Waals surface area contributed by atoms with Gasteiger partial charge in [0.15, 0.2) is 5.96 Å². The molecular formula is C17H29FN4O3S. The van der Waals surface area contributed by atoms with E-state index in [2.05, 4.69) is 15.6 Å². The topological polar surface area (TPSA) is 83.0 Å². The zero-order chi connectivity index (χ0) is 19.6. The summed E-state index contributed by atoms with van der Waals surface area (Å²) in [7, 11) is -1.50. The van der Waals surface area contributed by atoms with Crippen LogP contribution in [-0.4, -0.2) is 64.3 Å². The molecule has 1 rings (SSSR count). The fourth-order valence-electron chi connectivity index (χ4n) is 2.30. The van der Waals surface area contributed by atoms with E-state index in [0.29, 0.717) is 44.3 Å². The van der Waals surface area contributed by atoms with Gasteiger partial charge in [-0.25, -0.2) is 17.1 Å². The van der Waals surface area contributed by atoms with E-state index in [1.165, 1.54) is 22.7 Å². The largest absolute Gasteiger partial charge is 0.489 e. The van der Waals surface area contributed by atoms with Crippen LogP contribution in [0.15, 0.2) is 29.3 Å². The van der Waals surface area contributed by atoms with E-state index in [1.54, 1.807) is 19.2 Å². The molecule has 2 N–H and O–H groups in total. The fourth-order valence-corrected chi connectivity index (χ4v) is 3.23. The van der Waals surface area contributed by atoms with E-state index in [0.717, 1.165) is 0 Å². The maximum Gasteiger partial charge on any atom is 0.211 e. The number of guanidine groups is 1. The lowest BCUT2D eigenvalue weighted by molar-refractivity contribution is 0.223. The van der Waals surface area contributed by atoms with Crippen LogP contribution in [-0.2, 0) is 10.0 Å². The summed E-state index contributed by atoms with van der Waals surface area (Å²) >= 11 is 0. The third-order valence-corrected chi connectivity index (χ3v) is 4.99. The Morgan fingerprint density at radius 2 is 2.12 bits per heavy atom. The van der Waals surface area contributed by atoms with Gasteiger partial charge in [0.2, 0.25) is 10.0 Å². The monoisotopic (exact) mass is 388 g/mol. The molecule has 7 nitrogen and oxygen atoms in total. The van der Waals surface area contributed by atoms with Gasteiger partial charge in [-0.2, -0.15) is 0 Å². The summed E-state index contributed by atoms with van der Waals surface area (Å²) in [5.74, 6) is 0.736. The molecule has 0 spiro atoms. The van der Waals surface area contributed by atoms with Gasteiger partial charge in [-0.05, 0) is 25.5 Å². The molecule has 0 bridgehead atoms. The van der Waals surface area contributed by atoms with Crippen molar-refractivity contribution in [3.63, 3.8) is 0 Å². The number of rotatable bonds is 10. The molecule has 0 aliphatic carbocycles. The molecule has 1 aromatic carbocycles. The van der Waals surface area contributed by atoms with Crippen LogP contribution in [0.2, 0.25) is 0 Å².